The lowest BCUT2D eigenvalue weighted by Gasteiger charge is -2.13. The van der Waals surface area contributed by atoms with Gasteiger partial charge in [-0.3, -0.25) is 9.59 Å². The molecule has 0 aliphatic carbocycles. The van der Waals surface area contributed by atoms with Gasteiger partial charge in [0.2, 0.25) is 5.91 Å². The molecule has 100 valence electrons. The van der Waals surface area contributed by atoms with Crippen LogP contribution in [0.2, 0.25) is 0 Å². The highest BCUT2D eigenvalue weighted by Crippen LogP contribution is 2.04. The molecule has 5 heteroatoms. The van der Waals surface area contributed by atoms with Gasteiger partial charge in [-0.15, -0.1) is 0 Å². The molecule has 0 fully saturated rings. The summed E-state index contributed by atoms with van der Waals surface area (Å²) in [7, 11) is 0. The Morgan fingerprint density at radius 2 is 2.00 bits per heavy atom. The van der Waals surface area contributed by atoms with Crippen molar-refractivity contribution in [3.63, 3.8) is 0 Å². The number of aliphatic carboxylic acids is 1. The molecule has 1 amide bonds. The van der Waals surface area contributed by atoms with Crippen molar-refractivity contribution in [2.45, 2.75) is 52.0 Å². The molecule has 0 spiro atoms. The van der Waals surface area contributed by atoms with Crippen molar-refractivity contribution in [2.75, 3.05) is 6.54 Å². The lowest BCUT2D eigenvalue weighted by molar-refractivity contribution is -0.137. The van der Waals surface area contributed by atoms with E-state index in [1.54, 1.807) is 0 Å². The second-order valence-electron chi connectivity index (χ2n) is 4.59. The van der Waals surface area contributed by atoms with Crippen LogP contribution in [-0.4, -0.2) is 29.6 Å². The Morgan fingerprint density at radius 1 is 1.35 bits per heavy atom. The zero-order valence-electron chi connectivity index (χ0n) is 10.7. The molecular weight excluding hydrogens is 220 g/mol. The average Bonchev–Trinajstić information content (AvgIpc) is 2.23. The number of rotatable bonds is 9. The van der Waals surface area contributed by atoms with E-state index >= 15 is 0 Å². The Morgan fingerprint density at radius 3 is 2.53 bits per heavy atom. The minimum absolute atomic E-state index is 0.0480. The molecule has 2 atom stereocenters. The lowest BCUT2D eigenvalue weighted by atomic mass is 10.1. The minimum atomic E-state index is -0.798. The van der Waals surface area contributed by atoms with Crippen LogP contribution in [0.1, 0.15) is 46.0 Å². The van der Waals surface area contributed by atoms with Gasteiger partial charge in [0.05, 0.1) is 0 Å². The van der Waals surface area contributed by atoms with Crippen LogP contribution in [0, 0.1) is 5.92 Å². The Hall–Kier alpha value is -1.10. The Bertz CT molecular complexity index is 244. The fourth-order valence-electron chi connectivity index (χ4n) is 1.54. The Balaban J connectivity index is 3.65. The highest BCUT2D eigenvalue weighted by molar-refractivity contribution is 5.76. The molecule has 0 aliphatic heterocycles. The van der Waals surface area contributed by atoms with Gasteiger partial charge in [-0.25, -0.2) is 0 Å². The van der Waals surface area contributed by atoms with Crippen LogP contribution in [0.15, 0.2) is 0 Å². The highest BCUT2D eigenvalue weighted by atomic mass is 16.4. The third kappa shape index (κ3) is 9.81. The maximum Gasteiger partial charge on any atom is 0.303 e. The van der Waals surface area contributed by atoms with E-state index in [-0.39, 0.29) is 24.3 Å². The summed E-state index contributed by atoms with van der Waals surface area (Å²) in [6, 6.07) is -0.0747. The predicted molar refractivity (Wildman–Crippen MR) is 66.5 cm³/mol. The van der Waals surface area contributed by atoms with Crippen LogP contribution in [0.5, 0.6) is 0 Å². The summed E-state index contributed by atoms with van der Waals surface area (Å²) < 4.78 is 0. The molecule has 5 nitrogen and oxygen atoms in total. The molecule has 4 N–H and O–H groups in total. The molecule has 0 aliphatic rings. The van der Waals surface area contributed by atoms with E-state index in [1.165, 1.54) is 0 Å². The first-order valence-electron chi connectivity index (χ1n) is 6.19. The van der Waals surface area contributed by atoms with Gasteiger partial charge < -0.3 is 16.2 Å². The van der Waals surface area contributed by atoms with Crippen molar-refractivity contribution in [2.24, 2.45) is 11.7 Å². The summed E-state index contributed by atoms with van der Waals surface area (Å²) in [4.78, 5) is 21.8. The number of nitrogens with two attached hydrogens (primary N) is 1. The standard InChI is InChI=1S/C12H24N2O3/c1-3-4-10(13)7-11(15)14-8-9(2)5-6-12(16)17/h9-10H,3-8,13H2,1-2H3,(H,14,15)(H,16,17). The van der Waals surface area contributed by atoms with E-state index in [0.717, 1.165) is 12.8 Å². The van der Waals surface area contributed by atoms with Gasteiger partial charge in [-0.05, 0) is 18.8 Å². The Kier molecular flexibility index (Phi) is 8.40. The Labute approximate surface area is 103 Å². The molecule has 17 heavy (non-hydrogen) atoms. The molecule has 0 saturated heterocycles. The third-order valence-corrected chi connectivity index (χ3v) is 2.61. The van der Waals surface area contributed by atoms with Gasteiger partial charge in [0.25, 0.3) is 0 Å². The van der Waals surface area contributed by atoms with Gasteiger partial charge in [0.1, 0.15) is 0 Å². The quantitative estimate of drug-likeness (QED) is 0.566. The number of carbonyl (C=O) groups is 2. The molecule has 2 unspecified atom stereocenters. The lowest BCUT2D eigenvalue weighted by Crippen LogP contribution is -2.34. The summed E-state index contributed by atoms with van der Waals surface area (Å²) in [5.74, 6) is -0.668. The largest absolute Gasteiger partial charge is 0.481 e. The maximum atomic E-state index is 11.5. The second kappa shape index (κ2) is 8.98. The zero-order chi connectivity index (χ0) is 13.3. The van der Waals surface area contributed by atoms with Crippen molar-refractivity contribution in [1.29, 1.82) is 0 Å². The first kappa shape index (κ1) is 15.9. The summed E-state index contributed by atoms with van der Waals surface area (Å²) in [6.45, 7) is 4.48. The van der Waals surface area contributed by atoms with E-state index in [2.05, 4.69) is 5.32 Å². The van der Waals surface area contributed by atoms with E-state index in [4.69, 9.17) is 10.8 Å². The summed E-state index contributed by atoms with van der Waals surface area (Å²) in [5, 5.41) is 11.3. The van der Waals surface area contributed by atoms with Crippen molar-refractivity contribution >= 4 is 11.9 Å². The molecule has 0 bridgehead atoms. The van der Waals surface area contributed by atoms with E-state index < -0.39 is 5.97 Å². The second-order valence-corrected chi connectivity index (χ2v) is 4.59. The van der Waals surface area contributed by atoms with Crippen molar-refractivity contribution in [1.82, 2.24) is 5.32 Å². The summed E-state index contributed by atoms with van der Waals surface area (Å²) in [5.41, 5.74) is 5.75. The van der Waals surface area contributed by atoms with Crippen LogP contribution < -0.4 is 11.1 Å². The van der Waals surface area contributed by atoms with Crippen LogP contribution in [-0.2, 0) is 9.59 Å². The molecule has 0 aromatic heterocycles. The molecule has 0 rings (SSSR count). The third-order valence-electron chi connectivity index (χ3n) is 2.61. The van der Waals surface area contributed by atoms with Gasteiger partial charge in [-0.1, -0.05) is 20.3 Å². The fraction of sp³-hybridized carbons (Fsp3) is 0.833. The number of carboxylic acid groups (broad SMARTS) is 1. The van der Waals surface area contributed by atoms with Crippen LogP contribution in [0.4, 0.5) is 0 Å². The molecule has 0 heterocycles. The van der Waals surface area contributed by atoms with Gasteiger partial charge >= 0.3 is 5.97 Å². The normalized spacial score (nSPS) is 14.1. The number of nitrogens with one attached hydrogen (secondary N) is 1. The molecule has 0 aromatic rings. The molecule has 0 radical (unpaired) electrons. The SMILES string of the molecule is CCCC(N)CC(=O)NCC(C)CCC(=O)O. The summed E-state index contributed by atoms with van der Waals surface area (Å²) in [6.07, 6.45) is 2.90. The fourth-order valence-corrected chi connectivity index (χ4v) is 1.54. The number of hydrogen-bond acceptors (Lipinski definition) is 3. The molecule has 0 aromatic carbocycles. The zero-order valence-corrected chi connectivity index (χ0v) is 10.7. The van der Waals surface area contributed by atoms with Crippen LogP contribution >= 0.6 is 0 Å². The van der Waals surface area contributed by atoms with E-state index in [9.17, 15) is 9.59 Å². The number of hydrogen-bond donors (Lipinski definition) is 3. The number of amides is 1. The monoisotopic (exact) mass is 244 g/mol. The number of carbonyl (C=O) groups excluding carboxylic acids is 1. The topological polar surface area (TPSA) is 92.4 Å². The predicted octanol–water partition coefficient (Wildman–Crippen LogP) is 1.12. The maximum absolute atomic E-state index is 11.5. The van der Waals surface area contributed by atoms with Crippen molar-refractivity contribution in [3.8, 4) is 0 Å². The minimum Gasteiger partial charge on any atom is -0.481 e. The highest BCUT2D eigenvalue weighted by Gasteiger charge is 2.10. The van der Waals surface area contributed by atoms with Crippen molar-refractivity contribution < 1.29 is 14.7 Å². The molecular formula is C12H24N2O3. The smallest absolute Gasteiger partial charge is 0.303 e. The summed E-state index contributed by atoms with van der Waals surface area (Å²) >= 11 is 0. The number of carboxylic acids is 1. The van der Waals surface area contributed by atoms with Gasteiger partial charge in [0, 0.05) is 25.4 Å². The molecule has 0 saturated carbocycles. The van der Waals surface area contributed by atoms with Gasteiger partial charge in [-0.2, -0.15) is 0 Å². The first-order valence-corrected chi connectivity index (χ1v) is 6.19. The van der Waals surface area contributed by atoms with Crippen molar-refractivity contribution in [3.05, 3.63) is 0 Å². The van der Waals surface area contributed by atoms with E-state index in [1.807, 2.05) is 13.8 Å². The van der Waals surface area contributed by atoms with E-state index in [0.29, 0.717) is 19.4 Å². The van der Waals surface area contributed by atoms with Gasteiger partial charge in [0.15, 0.2) is 0 Å². The average molecular weight is 244 g/mol. The van der Waals surface area contributed by atoms with Crippen LogP contribution in [0.25, 0.3) is 0 Å². The van der Waals surface area contributed by atoms with Crippen LogP contribution in [0.3, 0.4) is 0 Å². The first-order chi connectivity index (χ1) is 7.95.